The van der Waals surface area contributed by atoms with E-state index in [9.17, 15) is 9.18 Å². The average molecular weight is 278 g/mol. The van der Waals surface area contributed by atoms with Crippen LogP contribution in [0.3, 0.4) is 0 Å². The molecule has 2 nitrogen and oxygen atoms in total. The largest absolute Gasteiger partial charge is 0.349 e. The molecule has 0 saturated heterocycles. The highest BCUT2D eigenvalue weighted by molar-refractivity contribution is 6.31. The Morgan fingerprint density at radius 1 is 1.26 bits per heavy atom. The van der Waals surface area contributed by atoms with Crippen LogP contribution in [0.25, 0.3) is 0 Å². The molecule has 1 aliphatic rings. The number of aryl methyl sites for hydroxylation is 1. The molecule has 1 aliphatic carbocycles. The van der Waals surface area contributed by atoms with E-state index in [1.165, 1.54) is 6.07 Å². The minimum Gasteiger partial charge on any atom is -0.349 e. The van der Waals surface area contributed by atoms with Crippen LogP contribution in [0.4, 0.5) is 4.39 Å². The summed E-state index contributed by atoms with van der Waals surface area (Å²) in [6.07, 6.45) is 6.28. The van der Waals surface area contributed by atoms with Gasteiger partial charge < -0.3 is 4.57 Å². The van der Waals surface area contributed by atoms with Gasteiger partial charge in [0.25, 0.3) is 0 Å². The predicted molar refractivity (Wildman–Crippen MR) is 72.2 cm³/mol. The topological polar surface area (TPSA) is 22.0 Å². The molecule has 1 aromatic heterocycles. The summed E-state index contributed by atoms with van der Waals surface area (Å²) in [6, 6.07) is 4.79. The molecular formula is C15H13ClFNO. The van der Waals surface area contributed by atoms with Crippen LogP contribution in [-0.2, 0) is 13.0 Å². The monoisotopic (exact) mass is 277 g/mol. The number of carbonyl (C=O) groups is 1. The lowest BCUT2D eigenvalue weighted by atomic mass is 9.95. The predicted octanol–water partition coefficient (Wildman–Crippen LogP) is 3.85. The number of aromatic nitrogens is 1. The van der Waals surface area contributed by atoms with Crippen molar-refractivity contribution in [3.63, 3.8) is 0 Å². The van der Waals surface area contributed by atoms with E-state index in [1.807, 2.05) is 17.0 Å². The SMILES string of the molecule is O=C1CCCc2cn(Cc3cccc(F)c3Cl)cc21. The van der Waals surface area contributed by atoms with Crippen molar-refractivity contribution in [2.45, 2.75) is 25.8 Å². The number of benzene rings is 1. The first-order valence-corrected chi connectivity index (χ1v) is 6.67. The molecule has 0 unspecified atom stereocenters. The molecule has 0 amide bonds. The van der Waals surface area contributed by atoms with Gasteiger partial charge in [0.1, 0.15) is 5.82 Å². The summed E-state index contributed by atoms with van der Waals surface area (Å²) in [7, 11) is 0. The Labute approximate surface area is 115 Å². The first kappa shape index (κ1) is 12.4. The maximum atomic E-state index is 13.4. The average Bonchev–Trinajstić information content (AvgIpc) is 2.79. The van der Waals surface area contributed by atoms with Crippen molar-refractivity contribution in [1.82, 2.24) is 4.57 Å². The Morgan fingerprint density at radius 3 is 2.89 bits per heavy atom. The number of ketones is 1. The molecule has 0 atom stereocenters. The number of rotatable bonds is 2. The molecule has 0 aliphatic heterocycles. The van der Waals surface area contributed by atoms with E-state index in [0.717, 1.165) is 29.5 Å². The maximum absolute atomic E-state index is 13.4. The fourth-order valence-corrected chi connectivity index (χ4v) is 2.72. The molecule has 98 valence electrons. The summed E-state index contributed by atoms with van der Waals surface area (Å²) in [6.45, 7) is 0.483. The normalized spacial score (nSPS) is 14.5. The van der Waals surface area contributed by atoms with Crippen LogP contribution in [-0.4, -0.2) is 10.4 Å². The summed E-state index contributed by atoms with van der Waals surface area (Å²) in [5, 5.41) is 0.153. The molecule has 0 radical (unpaired) electrons. The van der Waals surface area contributed by atoms with Crippen LogP contribution >= 0.6 is 11.6 Å². The second-order valence-corrected chi connectivity index (χ2v) is 5.24. The number of hydrogen-bond donors (Lipinski definition) is 0. The molecule has 19 heavy (non-hydrogen) atoms. The molecule has 2 aromatic rings. The molecular weight excluding hydrogens is 265 g/mol. The van der Waals surface area contributed by atoms with Crippen molar-refractivity contribution in [2.75, 3.05) is 0 Å². The van der Waals surface area contributed by atoms with Crippen LogP contribution in [0.1, 0.15) is 34.3 Å². The first-order valence-electron chi connectivity index (χ1n) is 6.30. The van der Waals surface area contributed by atoms with E-state index in [-0.39, 0.29) is 10.8 Å². The summed E-state index contributed by atoms with van der Waals surface area (Å²) in [5.41, 5.74) is 2.61. The van der Waals surface area contributed by atoms with Crippen molar-refractivity contribution in [3.8, 4) is 0 Å². The van der Waals surface area contributed by atoms with Gasteiger partial charge in [-0.1, -0.05) is 23.7 Å². The summed E-state index contributed by atoms with van der Waals surface area (Å²) in [5.74, 6) is -0.211. The molecule has 4 heteroatoms. The second-order valence-electron chi connectivity index (χ2n) is 4.86. The second kappa shape index (κ2) is 4.82. The van der Waals surface area contributed by atoms with Crippen molar-refractivity contribution < 1.29 is 9.18 Å². The van der Waals surface area contributed by atoms with Gasteiger partial charge in [-0.05, 0) is 30.0 Å². The van der Waals surface area contributed by atoms with E-state index >= 15 is 0 Å². The number of fused-ring (bicyclic) bond motifs is 1. The third-order valence-corrected chi connectivity index (χ3v) is 3.92. The fraction of sp³-hybridized carbons (Fsp3) is 0.267. The molecule has 0 saturated carbocycles. The first-order chi connectivity index (χ1) is 9.15. The zero-order valence-electron chi connectivity index (χ0n) is 10.3. The van der Waals surface area contributed by atoms with Crippen molar-refractivity contribution in [2.24, 2.45) is 0 Å². The summed E-state index contributed by atoms with van der Waals surface area (Å²) >= 11 is 5.94. The van der Waals surface area contributed by atoms with Crippen LogP contribution in [0, 0.1) is 5.82 Å². The van der Waals surface area contributed by atoms with E-state index in [2.05, 4.69) is 0 Å². The number of carbonyl (C=O) groups excluding carboxylic acids is 1. The Hall–Kier alpha value is -1.61. The number of hydrogen-bond acceptors (Lipinski definition) is 1. The lowest BCUT2D eigenvalue weighted by Gasteiger charge is -2.07. The van der Waals surface area contributed by atoms with Gasteiger partial charge in [-0.2, -0.15) is 0 Å². The zero-order chi connectivity index (χ0) is 13.4. The molecule has 0 spiro atoms. The Balaban J connectivity index is 1.92. The molecule has 3 rings (SSSR count). The molecule has 0 fully saturated rings. The molecule has 0 N–H and O–H groups in total. The fourth-order valence-electron chi connectivity index (χ4n) is 2.54. The van der Waals surface area contributed by atoms with Crippen molar-refractivity contribution in [1.29, 1.82) is 0 Å². The highest BCUT2D eigenvalue weighted by atomic mass is 35.5. The Bertz CT molecular complexity index is 648. The smallest absolute Gasteiger partial charge is 0.164 e. The third-order valence-electron chi connectivity index (χ3n) is 3.50. The quantitative estimate of drug-likeness (QED) is 0.817. The van der Waals surface area contributed by atoms with Gasteiger partial charge in [0.15, 0.2) is 5.78 Å². The number of Topliss-reactive ketones (excluding diaryl/α,β-unsaturated/α-hetero) is 1. The maximum Gasteiger partial charge on any atom is 0.164 e. The number of nitrogens with zero attached hydrogens (tertiary/aromatic N) is 1. The van der Waals surface area contributed by atoms with Gasteiger partial charge in [0.2, 0.25) is 0 Å². The van der Waals surface area contributed by atoms with Gasteiger partial charge in [0.05, 0.1) is 5.02 Å². The molecule has 0 bridgehead atoms. The lowest BCUT2D eigenvalue weighted by Crippen LogP contribution is -2.07. The van der Waals surface area contributed by atoms with Crippen LogP contribution in [0.2, 0.25) is 5.02 Å². The number of halogens is 2. The summed E-state index contributed by atoms with van der Waals surface area (Å²) in [4.78, 5) is 11.8. The van der Waals surface area contributed by atoms with Crippen molar-refractivity contribution in [3.05, 3.63) is 58.1 Å². The van der Waals surface area contributed by atoms with E-state index in [1.54, 1.807) is 12.1 Å². The van der Waals surface area contributed by atoms with Gasteiger partial charge in [-0.25, -0.2) is 4.39 Å². The van der Waals surface area contributed by atoms with E-state index in [0.29, 0.717) is 13.0 Å². The lowest BCUT2D eigenvalue weighted by molar-refractivity contribution is 0.0973. The van der Waals surface area contributed by atoms with Gasteiger partial charge in [-0.3, -0.25) is 4.79 Å². The van der Waals surface area contributed by atoms with Gasteiger partial charge >= 0.3 is 0 Å². The van der Waals surface area contributed by atoms with Crippen LogP contribution in [0.5, 0.6) is 0 Å². The summed E-state index contributed by atoms with van der Waals surface area (Å²) < 4.78 is 15.3. The van der Waals surface area contributed by atoms with Gasteiger partial charge in [0, 0.05) is 30.9 Å². The minimum absolute atomic E-state index is 0.153. The van der Waals surface area contributed by atoms with Crippen LogP contribution < -0.4 is 0 Å². The van der Waals surface area contributed by atoms with E-state index in [4.69, 9.17) is 11.6 Å². The van der Waals surface area contributed by atoms with Crippen LogP contribution in [0.15, 0.2) is 30.6 Å². The van der Waals surface area contributed by atoms with Gasteiger partial charge in [-0.15, -0.1) is 0 Å². The van der Waals surface area contributed by atoms with Crippen molar-refractivity contribution >= 4 is 17.4 Å². The Morgan fingerprint density at radius 2 is 2.11 bits per heavy atom. The highest BCUT2D eigenvalue weighted by Gasteiger charge is 2.19. The molecule has 1 aromatic carbocycles. The minimum atomic E-state index is -0.410. The van der Waals surface area contributed by atoms with E-state index < -0.39 is 5.82 Å². The highest BCUT2D eigenvalue weighted by Crippen LogP contribution is 2.25. The standard InChI is InChI=1S/C15H13ClFNO/c16-15-11(4-1-5-13(15)17)8-18-7-10-3-2-6-14(19)12(10)9-18/h1,4-5,7,9H,2-3,6,8H2. The Kier molecular flexibility index (Phi) is 3.15. The third kappa shape index (κ3) is 2.30. The molecule has 1 heterocycles. The zero-order valence-corrected chi connectivity index (χ0v) is 11.1.